The van der Waals surface area contributed by atoms with E-state index in [1.165, 1.54) is 19.3 Å². The Morgan fingerprint density at radius 1 is 0.500 bits per heavy atom. The Kier molecular flexibility index (Phi) is 27.8. The van der Waals surface area contributed by atoms with E-state index in [1.54, 1.807) is 0 Å². The van der Waals surface area contributed by atoms with Gasteiger partial charge in [0.15, 0.2) is 0 Å². The minimum absolute atomic E-state index is 0.437. The van der Waals surface area contributed by atoms with E-state index in [2.05, 4.69) is 41.5 Å². The highest BCUT2D eigenvalue weighted by Gasteiger charge is 2.30. The third-order valence-electron chi connectivity index (χ3n) is 6.26. The molecule has 0 saturated carbocycles. The highest BCUT2D eigenvalue weighted by Crippen LogP contribution is 2.49. The first-order valence-corrected chi connectivity index (χ1v) is 18.3. The topological polar surface area (TPSA) is 117 Å². The van der Waals surface area contributed by atoms with Crippen LogP contribution < -0.4 is 9.79 Å². The van der Waals surface area contributed by atoms with Gasteiger partial charge in [-0.1, -0.05) is 119 Å². The molecule has 0 N–H and O–H groups in total. The molecule has 232 valence electrons. The molecule has 0 aromatic rings. The Labute approximate surface area is 235 Å². The van der Waals surface area contributed by atoms with Crippen molar-refractivity contribution in [3.05, 3.63) is 0 Å². The molecule has 10 heteroatoms. The van der Waals surface area contributed by atoms with Gasteiger partial charge in [0.1, 0.15) is 0 Å². The van der Waals surface area contributed by atoms with Crippen LogP contribution in [0.1, 0.15) is 157 Å². The number of phosphoric ester groups is 2. The van der Waals surface area contributed by atoms with Crippen LogP contribution in [0.25, 0.3) is 0 Å². The summed E-state index contributed by atoms with van der Waals surface area (Å²) in [5.41, 5.74) is -0.753. The normalized spacial score (nSPS) is 12.4. The largest absolute Gasteiger partial charge is 0.790 e. The molecule has 8 nitrogen and oxygen atoms in total. The zero-order valence-electron chi connectivity index (χ0n) is 25.5. The van der Waals surface area contributed by atoms with Crippen LogP contribution in [0.5, 0.6) is 0 Å². The van der Waals surface area contributed by atoms with Crippen LogP contribution >= 0.6 is 15.6 Å². The second kappa shape index (κ2) is 26.1. The fourth-order valence-corrected chi connectivity index (χ4v) is 5.90. The second-order valence-corrected chi connectivity index (χ2v) is 12.8. The zero-order chi connectivity index (χ0) is 29.2. The van der Waals surface area contributed by atoms with Gasteiger partial charge >= 0.3 is 7.82 Å². The van der Waals surface area contributed by atoms with Crippen LogP contribution in [-0.2, 0) is 27.2 Å². The summed E-state index contributed by atoms with van der Waals surface area (Å²) in [7, 11) is -8.24. The summed E-state index contributed by atoms with van der Waals surface area (Å²) in [6, 6.07) is 0. The molecule has 0 aliphatic carbocycles. The lowest BCUT2D eigenvalue weighted by Gasteiger charge is -2.43. The minimum Gasteiger partial charge on any atom is -0.790 e. The van der Waals surface area contributed by atoms with Crippen molar-refractivity contribution in [3.8, 4) is 0 Å². The third-order valence-corrected chi connectivity index (χ3v) is 8.36. The molecule has 0 unspecified atom stereocenters. The molecule has 0 heterocycles. The molecule has 0 spiro atoms. The zero-order valence-corrected chi connectivity index (χ0v) is 27.3. The van der Waals surface area contributed by atoms with E-state index in [0.717, 1.165) is 77.0 Å². The van der Waals surface area contributed by atoms with Crippen molar-refractivity contribution in [2.24, 2.45) is 0 Å². The van der Waals surface area contributed by atoms with Crippen LogP contribution in [0.4, 0.5) is 0 Å². The standard InChI is InChI=1S/C16H35O4P.C12H27O4P/c1-4-7-10-11-12-15-16(13-8-5-2,14-9-6-3)20-21(17,18)19;1-4-7-10-14-17(13,15-11-8-5-2)16-12-9-6-3/h4-15H2,1-3H3,(H2,17,18,19);4-12H2,1-3H3/p-2. The lowest BCUT2D eigenvalue weighted by atomic mass is 9.86. The van der Waals surface area contributed by atoms with E-state index in [-0.39, 0.29) is 0 Å². The lowest BCUT2D eigenvalue weighted by Crippen LogP contribution is -2.36. The molecule has 0 fully saturated rings. The summed E-state index contributed by atoms with van der Waals surface area (Å²) in [6.07, 6.45) is 17.0. The minimum atomic E-state index is -4.93. The van der Waals surface area contributed by atoms with Gasteiger partial charge in [0.2, 0.25) is 0 Å². The van der Waals surface area contributed by atoms with Crippen LogP contribution in [0.3, 0.4) is 0 Å². The fourth-order valence-electron chi connectivity index (χ4n) is 3.87. The number of hydrogen-bond donors (Lipinski definition) is 0. The summed E-state index contributed by atoms with van der Waals surface area (Å²) in [5.74, 6) is 0. The van der Waals surface area contributed by atoms with Crippen molar-refractivity contribution in [1.82, 2.24) is 0 Å². The Bertz CT molecular complexity index is 556. The van der Waals surface area contributed by atoms with Crippen LogP contribution in [0, 0.1) is 0 Å². The van der Waals surface area contributed by atoms with Crippen molar-refractivity contribution in [3.63, 3.8) is 0 Å². The quantitative estimate of drug-likeness (QED) is 0.0728. The van der Waals surface area contributed by atoms with Gasteiger partial charge in [-0.25, -0.2) is 4.57 Å². The molecule has 0 rings (SSSR count). The summed E-state index contributed by atoms with van der Waals surface area (Å²) in [5, 5.41) is 0. The average Bonchev–Trinajstić information content (AvgIpc) is 2.86. The van der Waals surface area contributed by atoms with Crippen LogP contribution in [0.2, 0.25) is 0 Å². The molecule has 0 aromatic heterocycles. The highest BCUT2D eigenvalue weighted by molar-refractivity contribution is 7.48. The van der Waals surface area contributed by atoms with Gasteiger partial charge < -0.3 is 18.9 Å². The Hall–Kier alpha value is 0.220. The number of rotatable bonds is 26. The molecular formula is C28H60O8P2-2. The first kappa shape index (κ1) is 40.4. The molecule has 0 aliphatic rings. The van der Waals surface area contributed by atoms with Gasteiger partial charge in [-0.05, 0) is 38.5 Å². The highest BCUT2D eigenvalue weighted by atomic mass is 31.2. The van der Waals surface area contributed by atoms with E-state index in [9.17, 15) is 18.9 Å². The molecule has 0 aliphatic heterocycles. The van der Waals surface area contributed by atoms with Crippen molar-refractivity contribution >= 4 is 15.6 Å². The summed E-state index contributed by atoms with van der Waals surface area (Å²) >= 11 is 0. The molecule has 0 amide bonds. The maximum atomic E-state index is 12.2. The first-order chi connectivity index (χ1) is 18.1. The fraction of sp³-hybridized carbons (Fsp3) is 1.00. The van der Waals surface area contributed by atoms with E-state index in [0.29, 0.717) is 39.1 Å². The summed E-state index contributed by atoms with van der Waals surface area (Å²) < 4.78 is 44.2. The van der Waals surface area contributed by atoms with Gasteiger partial charge in [-0.2, -0.15) is 0 Å². The van der Waals surface area contributed by atoms with Crippen molar-refractivity contribution < 1.29 is 37.0 Å². The first-order valence-electron chi connectivity index (χ1n) is 15.3. The third kappa shape index (κ3) is 25.2. The van der Waals surface area contributed by atoms with Gasteiger partial charge in [0.25, 0.3) is 0 Å². The van der Waals surface area contributed by atoms with Gasteiger partial charge in [0.05, 0.1) is 33.2 Å². The Morgan fingerprint density at radius 3 is 1.18 bits per heavy atom. The van der Waals surface area contributed by atoms with E-state index >= 15 is 0 Å². The molecule has 0 saturated heterocycles. The van der Waals surface area contributed by atoms with E-state index in [4.69, 9.17) is 18.1 Å². The van der Waals surface area contributed by atoms with Gasteiger partial charge in [-0.15, -0.1) is 0 Å². The van der Waals surface area contributed by atoms with Crippen molar-refractivity contribution in [2.45, 2.75) is 163 Å². The molecule has 38 heavy (non-hydrogen) atoms. The smallest absolute Gasteiger partial charge is 0.474 e. The summed E-state index contributed by atoms with van der Waals surface area (Å²) in [6.45, 7) is 13.8. The number of unbranched alkanes of at least 4 members (excludes halogenated alkanes) is 9. The maximum absolute atomic E-state index is 12.2. The lowest BCUT2D eigenvalue weighted by molar-refractivity contribution is -0.350. The molecule has 0 bridgehead atoms. The van der Waals surface area contributed by atoms with Crippen LogP contribution in [0.15, 0.2) is 0 Å². The van der Waals surface area contributed by atoms with Crippen LogP contribution in [-0.4, -0.2) is 25.4 Å². The molecule has 0 aromatic carbocycles. The second-order valence-electron chi connectivity index (χ2n) is 10.1. The predicted octanol–water partition coefficient (Wildman–Crippen LogP) is 8.86. The number of phosphoric acid groups is 2. The van der Waals surface area contributed by atoms with Crippen molar-refractivity contribution in [1.29, 1.82) is 0 Å². The molecular weight excluding hydrogens is 526 g/mol. The van der Waals surface area contributed by atoms with Crippen molar-refractivity contribution in [2.75, 3.05) is 19.8 Å². The maximum Gasteiger partial charge on any atom is 0.474 e. The predicted molar refractivity (Wildman–Crippen MR) is 154 cm³/mol. The van der Waals surface area contributed by atoms with Gasteiger partial charge in [0, 0.05) is 0 Å². The molecule has 0 radical (unpaired) electrons. The van der Waals surface area contributed by atoms with E-state index in [1.807, 2.05) is 0 Å². The van der Waals surface area contributed by atoms with Gasteiger partial charge in [-0.3, -0.25) is 13.6 Å². The molecule has 0 atom stereocenters. The monoisotopic (exact) mass is 586 g/mol. The summed E-state index contributed by atoms with van der Waals surface area (Å²) in [4.78, 5) is 22.3. The average molecular weight is 587 g/mol. The number of hydrogen-bond acceptors (Lipinski definition) is 8. The SMILES string of the molecule is CCCCCCCC(CCCC)(CCCC)OP(=O)([O-])[O-].CCCCOP(=O)(OCCCC)OCCCC. The van der Waals surface area contributed by atoms with E-state index < -0.39 is 21.2 Å². The Morgan fingerprint density at radius 2 is 0.842 bits per heavy atom. The Balaban J connectivity index is 0.